The van der Waals surface area contributed by atoms with E-state index in [1.54, 1.807) is 0 Å². The lowest BCUT2D eigenvalue weighted by atomic mass is 10.1. The SMILES string of the molecule is Cc1cc(I)ccc1NC(=O)c1ccc(Cl)c(S(C)(=O)=O)c1. The van der Waals surface area contributed by atoms with Gasteiger partial charge in [-0.1, -0.05) is 11.6 Å². The van der Waals surface area contributed by atoms with Gasteiger partial charge in [0.15, 0.2) is 9.84 Å². The van der Waals surface area contributed by atoms with E-state index in [-0.39, 0.29) is 21.4 Å². The summed E-state index contributed by atoms with van der Waals surface area (Å²) in [6, 6.07) is 9.83. The number of halogens is 2. The molecule has 22 heavy (non-hydrogen) atoms. The molecule has 0 spiro atoms. The fourth-order valence-corrected chi connectivity index (χ4v) is 3.84. The highest BCUT2D eigenvalue weighted by molar-refractivity contribution is 14.1. The van der Waals surface area contributed by atoms with Crippen LogP contribution in [0.3, 0.4) is 0 Å². The zero-order valence-electron chi connectivity index (χ0n) is 11.9. The van der Waals surface area contributed by atoms with E-state index >= 15 is 0 Å². The normalized spacial score (nSPS) is 11.3. The lowest BCUT2D eigenvalue weighted by molar-refractivity contribution is 0.102. The lowest BCUT2D eigenvalue weighted by Gasteiger charge is -2.10. The van der Waals surface area contributed by atoms with Crippen molar-refractivity contribution in [1.29, 1.82) is 0 Å². The third-order valence-corrected chi connectivity index (χ3v) is 5.28. The molecule has 0 heterocycles. The van der Waals surface area contributed by atoms with Crippen molar-refractivity contribution in [3.8, 4) is 0 Å². The van der Waals surface area contributed by atoms with E-state index < -0.39 is 9.84 Å². The van der Waals surface area contributed by atoms with Crippen molar-refractivity contribution in [1.82, 2.24) is 0 Å². The van der Waals surface area contributed by atoms with Crippen LogP contribution in [0, 0.1) is 10.5 Å². The van der Waals surface area contributed by atoms with Crippen LogP contribution in [0.15, 0.2) is 41.3 Å². The van der Waals surface area contributed by atoms with Crippen LogP contribution >= 0.6 is 34.2 Å². The van der Waals surface area contributed by atoms with Crippen molar-refractivity contribution in [2.24, 2.45) is 0 Å². The Morgan fingerprint density at radius 3 is 2.45 bits per heavy atom. The van der Waals surface area contributed by atoms with Crippen molar-refractivity contribution in [3.63, 3.8) is 0 Å². The summed E-state index contributed by atoms with van der Waals surface area (Å²) in [7, 11) is -3.49. The third-order valence-electron chi connectivity index (χ3n) is 3.03. The Balaban J connectivity index is 2.34. The molecule has 0 atom stereocenters. The van der Waals surface area contributed by atoms with Gasteiger partial charge in [-0.05, 0) is 71.5 Å². The predicted molar refractivity (Wildman–Crippen MR) is 96.4 cm³/mol. The van der Waals surface area contributed by atoms with E-state index in [1.165, 1.54) is 18.2 Å². The maximum atomic E-state index is 12.3. The molecule has 2 aromatic rings. The molecule has 7 heteroatoms. The summed E-state index contributed by atoms with van der Waals surface area (Å²) in [4.78, 5) is 12.2. The van der Waals surface area contributed by atoms with Crippen LogP contribution in [-0.2, 0) is 9.84 Å². The van der Waals surface area contributed by atoms with E-state index in [2.05, 4.69) is 27.9 Å². The minimum absolute atomic E-state index is 0.0545. The Bertz CT molecular complexity index is 850. The molecule has 0 aliphatic carbocycles. The average molecular weight is 450 g/mol. The van der Waals surface area contributed by atoms with Gasteiger partial charge in [-0.2, -0.15) is 0 Å². The Morgan fingerprint density at radius 2 is 1.86 bits per heavy atom. The maximum Gasteiger partial charge on any atom is 0.255 e. The number of rotatable bonds is 3. The van der Waals surface area contributed by atoms with Gasteiger partial charge in [-0.15, -0.1) is 0 Å². The summed E-state index contributed by atoms with van der Waals surface area (Å²) in [5.41, 5.74) is 1.85. The number of carbonyl (C=O) groups is 1. The summed E-state index contributed by atoms with van der Waals surface area (Å²) in [6.07, 6.45) is 1.05. The molecule has 0 aromatic heterocycles. The number of sulfone groups is 1. The summed E-state index contributed by atoms with van der Waals surface area (Å²) < 4.78 is 24.4. The minimum atomic E-state index is -3.49. The van der Waals surface area contributed by atoms with Crippen molar-refractivity contribution in [2.45, 2.75) is 11.8 Å². The summed E-state index contributed by atoms with van der Waals surface area (Å²) in [5, 5.41) is 2.87. The van der Waals surface area contributed by atoms with E-state index in [4.69, 9.17) is 11.6 Å². The monoisotopic (exact) mass is 449 g/mol. The molecule has 2 aromatic carbocycles. The van der Waals surface area contributed by atoms with Gasteiger partial charge in [0.2, 0.25) is 0 Å². The first-order chi connectivity index (χ1) is 10.2. The molecule has 0 saturated carbocycles. The van der Waals surface area contributed by atoms with Gasteiger partial charge >= 0.3 is 0 Å². The molecule has 4 nitrogen and oxygen atoms in total. The van der Waals surface area contributed by atoms with Crippen molar-refractivity contribution in [2.75, 3.05) is 11.6 Å². The Hall–Kier alpha value is -1.12. The summed E-state index contributed by atoms with van der Waals surface area (Å²) in [5.74, 6) is -0.383. The van der Waals surface area contributed by atoms with E-state index in [1.807, 2.05) is 25.1 Å². The Labute approximate surface area is 147 Å². The lowest BCUT2D eigenvalue weighted by Crippen LogP contribution is -2.13. The second kappa shape index (κ2) is 6.55. The molecule has 0 aliphatic heterocycles. The second-order valence-corrected chi connectivity index (χ2v) is 8.47. The number of aryl methyl sites for hydroxylation is 1. The maximum absolute atomic E-state index is 12.3. The van der Waals surface area contributed by atoms with Crippen LogP contribution in [-0.4, -0.2) is 20.6 Å². The highest BCUT2D eigenvalue weighted by Crippen LogP contribution is 2.24. The molecule has 0 aliphatic rings. The van der Waals surface area contributed by atoms with Gasteiger partial charge in [0.25, 0.3) is 5.91 Å². The fraction of sp³-hybridized carbons (Fsp3) is 0.133. The van der Waals surface area contributed by atoms with Crippen LogP contribution in [0.1, 0.15) is 15.9 Å². The second-order valence-electron chi connectivity index (χ2n) is 4.83. The minimum Gasteiger partial charge on any atom is -0.322 e. The smallest absolute Gasteiger partial charge is 0.255 e. The van der Waals surface area contributed by atoms with Crippen LogP contribution in [0.25, 0.3) is 0 Å². The number of benzene rings is 2. The van der Waals surface area contributed by atoms with Crippen LogP contribution < -0.4 is 5.32 Å². The number of amides is 1. The molecule has 2 rings (SSSR count). The molecular weight excluding hydrogens is 437 g/mol. The number of hydrogen-bond donors (Lipinski definition) is 1. The third kappa shape index (κ3) is 3.99. The van der Waals surface area contributed by atoms with Gasteiger partial charge in [-0.3, -0.25) is 4.79 Å². The zero-order valence-corrected chi connectivity index (χ0v) is 15.6. The molecule has 0 radical (unpaired) electrons. The van der Waals surface area contributed by atoms with Crippen LogP contribution in [0.5, 0.6) is 0 Å². The van der Waals surface area contributed by atoms with Crippen LogP contribution in [0.2, 0.25) is 5.02 Å². The van der Waals surface area contributed by atoms with Gasteiger partial charge < -0.3 is 5.32 Å². The molecule has 0 unspecified atom stereocenters. The highest BCUT2D eigenvalue weighted by Gasteiger charge is 2.16. The number of carbonyl (C=O) groups excluding carboxylic acids is 1. The quantitative estimate of drug-likeness (QED) is 0.723. The van der Waals surface area contributed by atoms with E-state index in [9.17, 15) is 13.2 Å². The fourth-order valence-electron chi connectivity index (χ4n) is 1.89. The van der Waals surface area contributed by atoms with Gasteiger partial charge in [0.1, 0.15) is 0 Å². The van der Waals surface area contributed by atoms with Gasteiger partial charge in [-0.25, -0.2) is 8.42 Å². The van der Waals surface area contributed by atoms with E-state index in [0.29, 0.717) is 5.69 Å². The first-order valence-corrected chi connectivity index (χ1v) is 9.60. The molecule has 1 N–H and O–H groups in total. The number of nitrogens with one attached hydrogen (secondary N) is 1. The summed E-state index contributed by atoms with van der Waals surface area (Å²) in [6.45, 7) is 1.89. The summed E-state index contributed by atoms with van der Waals surface area (Å²) >= 11 is 8.07. The number of hydrogen-bond acceptors (Lipinski definition) is 3. The highest BCUT2D eigenvalue weighted by atomic mass is 127. The molecule has 116 valence electrons. The largest absolute Gasteiger partial charge is 0.322 e. The van der Waals surface area contributed by atoms with Crippen molar-refractivity contribution in [3.05, 3.63) is 56.1 Å². The van der Waals surface area contributed by atoms with Crippen molar-refractivity contribution < 1.29 is 13.2 Å². The van der Waals surface area contributed by atoms with Gasteiger partial charge in [0.05, 0.1) is 9.92 Å². The first kappa shape index (κ1) is 17.2. The zero-order chi connectivity index (χ0) is 16.5. The topological polar surface area (TPSA) is 63.2 Å². The van der Waals surface area contributed by atoms with Gasteiger partial charge in [0, 0.05) is 21.1 Å². The van der Waals surface area contributed by atoms with Crippen molar-refractivity contribution >= 4 is 55.6 Å². The first-order valence-electron chi connectivity index (χ1n) is 6.25. The standard InChI is InChI=1S/C15H13ClINO3S/c1-9-7-11(17)4-6-13(9)18-15(19)10-3-5-12(16)14(8-10)22(2,20)21/h3-8H,1-2H3,(H,18,19). The Morgan fingerprint density at radius 1 is 1.18 bits per heavy atom. The molecule has 1 amide bonds. The molecular formula is C15H13ClINO3S. The number of anilines is 1. The van der Waals surface area contributed by atoms with Crippen LogP contribution in [0.4, 0.5) is 5.69 Å². The molecule has 0 fully saturated rings. The predicted octanol–water partition coefficient (Wildman–Crippen LogP) is 3.91. The molecule has 0 bridgehead atoms. The van der Waals surface area contributed by atoms with E-state index in [0.717, 1.165) is 15.4 Å². The average Bonchev–Trinajstić information content (AvgIpc) is 2.41. The molecule has 0 saturated heterocycles. The Kier molecular flexibility index (Phi) is 5.14.